The smallest absolute Gasteiger partial charge is 0.343 e. The number of halogens is 1. The van der Waals surface area contributed by atoms with E-state index in [1.807, 2.05) is 24.3 Å². The van der Waals surface area contributed by atoms with Gasteiger partial charge < -0.3 is 14.0 Å². The first-order valence-corrected chi connectivity index (χ1v) is 11.1. The molecule has 1 aromatic heterocycles. The number of hydrogen-bond acceptors (Lipinski definition) is 4. The molecule has 0 saturated carbocycles. The Hall–Kier alpha value is -3.57. The lowest BCUT2D eigenvalue weighted by Gasteiger charge is -2.14. The molecule has 0 bridgehead atoms. The van der Waals surface area contributed by atoms with Gasteiger partial charge in [-0.2, -0.15) is 0 Å². The van der Waals surface area contributed by atoms with Crippen LogP contribution >= 0.6 is 11.6 Å². The average Bonchev–Trinajstić information content (AvgIpc) is 3.16. The Morgan fingerprint density at radius 2 is 1.67 bits per heavy atom. The lowest BCUT2D eigenvalue weighted by Crippen LogP contribution is -2.07. The van der Waals surface area contributed by atoms with Crippen molar-refractivity contribution >= 4 is 40.4 Å². The Morgan fingerprint density at radius 1 is 1.00 bits per heavy atom. The number of rotatable bonds is 6. The van der Waals surface area contributed by atoms with E-state index in [0.717, 1.165) is 22.2 Å². The molecule has 33 heavy (non-hydrogen) atoms. The third-order valence-electron chi connectivity index (χ3n) is 5.31. The van der Waals surface area contributed by atoms with Gasteiger partial charge in [-0.05, 0) is 87.0 Å². The number of hydrogen-bond donors (Lipinski definition) is 0. The quantitative estimate of drug-likeness (QED) is 0.231. The van der Waals surface area contributed by atoms with E-state index in [9.17, 15) is 4.79 Å². The van der Waals surface area contributed by atoms with Gasteiger partial charge in [0.25, 0.3) is 0 Å². The lowest BCUT2D eigenvalue weighted by molar-refractivity contribution is 0.0693. The summed E-state index contributed by atoms with van der Waals surface area (Å²) >= 11 is 6.09. The summed E-state index contributed by atoms with van der Waals surface area (Å²) in [6.45, 7) is 6.26. The fourth-order valence-corrected chi connectivity index (χ4v) is 3.78. The van der Waals surface area contributed by atoms with E-state index in [1.54, 1.807) is 49.6 Å². The van der Waals surface area contributed by atoms with Gasteiger partial charge in [0.15, 0.2) is 0 Å². The zero-order chi connectivity index (χ0) is 23.5. The van der Waals surface area contributed by atoms with Crippen molar-refractivity contribution < 1.29 is 14.3 Å². The minimum atomic E-state index is -0.470. The number of aryl methyl sites for hydroxylation is 1. The van der Waals surface area contributed by atoms with Crippen LogP contribution in [0.4, 0.5) is 0 Å². The molecule has 5 nitrogen and oxygen atoms in total. The maximum atomic E-state index is 13.0. The first-order chi connectivity index (χ1) is 15.9. The second-order valence-electron chi connectivity index (χ2n) is 8.06. The maximum Gasteiger partial charge on any atom is 0.343 e. The van der Waals surface area contributed by atoms with Gasteiger partial charge >= 0.3 is 5.97 Å². The summed E-state index contributed by atoms with van der Waals surface area (Å²) in [5.41, 5.74) is 4.22. The molecular weight excluding hydrogens is 436 g/mol. The van der Waals surface area contributed by atoms with Gasteiger partial charge in [-0.3, -0.25) is 0 Å². The molecule has 0 N–H and O–H groups in total. The molecule has 0 unspecified atom stereocenters. The van der Waals surface area contributed by atoms with Crippen molar-refractivity contribution in [3.8, 4) is 5.75 Å². The zero-order valence-electron chi connectivity index (χ0n) is 19.0. The van der Waals surface area contributed by atoms with Crippen LogP contribution in [0, 0.1) is 6.92 Å². The summed E-state index contributed by atoms with van der Waals surface area (Å²) in [7, 11) is 1.58. The van der Waals surface area contributed by atoms with Crippen molar-refractivity contribution in [2.24, 2.45) is 0 Å². The molecule has 0 fully saturated rings. The molecule has 0 aliphatic rings. The van der Waals surface area contributed by atoms with Gasteiger partial charge in [0.05, 0.1) is 23.7 Å². The second kappa shape index (κ2) is 9.51. The van der Waals surface area contributed by atoms with Crippen molar-refractivity contribution in [1.82, 2.24) is 9.55 Å². The average molecular weight is 461 g/mol. The van der Waals surface area contributed by atoms with E-state index < -0.39 is 5.97 Å². The number of esters is 1. The molecule has 4 aromatic rings. The molecule has 0 aliphatic carbocycles. The van der Waals surface area contributed by atoms with Crippen LogP contribution in [0.1, 0.15) is 47.2 Å². The number of carbonyl (C=O) groups is 1. The monoisotopic (exact) mass is 460 g/mol. The Morgan fingerprint density at radius 3 is 2.30 bits per heavy atom. The topological polar surface area (TPSA) is 53.4 Å². The third kappa shape index (κ3) is 4.94. The van der Waals surface area contributed by atoms with Crippen molar-refractivity contribution in [3.63, 3.8) is 0 Å². The molecule has 0 spiro atoms. The van der Waals surface area contributed by atoms with Gasteiger partial charge in [0.2, 0.25) is 0 Å². The summed E-state index contributed by atoms with van der Waals surface area (Å²) in [5, 5.41) is 0.601. The minimum absolute atomic E-state index is 0.159. The van der Waals surface area contributed by atoms with Crippen molar-refractivity contribution in [3.05, 3.63) is 94.3 Å². The minimum Gasteiger partial charge on any atom is -0.497 e. The van der Waals surface area contributed by atoms with Crippen LogP contribution in [0.2, 0.25) is 5.02 Å². The van der Waals surface area contributed by atoms with Crippen molar-refractivity contribution in [2.75, 3.05) is 7.11 Å². The fraction of sp³-hybridized carbons (Fsp3) is 0.185. The van der Waals surface area contributed by atoms with Gasteiger partial charge in [0, 0.05) is 22.7 Å². The molecule has 1 heterocycles. The number of ether oxygens (including phenoxy) is 2. The Bertz CT molecular complexity index is 1320. The first-order valence-electron chi connectivity index (χ1n) is 10.7. The van der Waals surface area contributed by atoms with E-state index >= 15 is 0 Å². The van der Waals surface area contributed by atoms with Crippen LogP contribution < -0.4 is 4.74 Å². The highest BCUT2D eigenvalue weighted by Crippen LogP contribution is 2.28. The predicted molar refractivity (Wildman–Crippen MR) is 133 cm³/mol. The largest absolute Gasteiger partial charge is 0.497 e. The molecule has 0 radical (unpaired) electrons. The summed E-state index contributed by atoms with van der Waals surface area (Å²) < 4.78 is 13.2. The number of methoxy groups -OCH3 is 1. The fourth-order valence-electron chi connectivity index (χ4n) is 3.66. The van der Waals surface area contributed by atoms with Crippen LogP contribution in [0.5, 0.6) is 5.75 Å². The van der Waals surface area contributed by atoms with Crippen molar-refractivity contribution in [1.29, 1.82) is 0 Å². The predicted octanol–water partition coefficient (Wildman–Crippen LogP) is 6.94. The normalized spacial score (nSPS) is 11.8. The van der Waals surface area contributed by atoms with Crippen LogP contribution in [-0.4, -0.2) is 22.6 Å². The summed E-state index contributed by atoms with van der Waals surface area (Å²) in [4.78, 5) is 17.8. The number of aromatic nitrogens is 2. The second-order valence-corrected chi connectivity index (χ2v) is 8.50. The highest BCUT2D eigenvalue weighted by Gasteiger charge is 2.17. The van der Waals surface area contributed by atoms with Crippen LogP contribution in [-0.2, 0) is 4.74 Å². The Labute approximate surface area is 198 Å². The molecule has 168 valence electrons. The summed E-state index contributed by atoms with van der Waals surface area (Å²) in [6, 6.07) is 20.3. The number of carbonyl (C=O) groups excluding carboxylic acids is 1. The molecule has 3 aromatic carbocycles. The van der Waals surface area contributed by atoms with E-state index in [-0.39, 0.29) is 6.04 Å². The standard InChI is InChI=1S/C27H25ClN2O3/c1-17(2)30-24-15-18(3)5-14-23(24)29-26(30)16-25(19-6-10-21(28)11-7-19)33-27(31)20-8-12-22(32-4)13-9-20/h5-17H,1-4H3/b25-16-. The van der Waals surface area contributed by atoms with E-state index in [2.05, 4.69) is 31.4 Å². The summed E-state index contributed by atoms with van der Waals surface area (Å²) in [6.07, 6.45) is 1.81. The SMILES string of the molecule is COc1ccc(C(=O)O/C(=C\c2nc3ccc(C)cc3n2C(C)C)c2ccc(Cl)cc2)cc1. The molecule has 6 heteroatoms. The first kappa shape index (κ1) is 22.6. The number of benzene rings is 3. The molecule has 0 atom stereocenters. The number of fused-ring (bicyclic) bond motifs is 1. The highest BCUT2D eigenvalue weighted by molar-refractivity contribution is 6.30. The van der Waals surface area contributed by atoms with Gasteiger partial charge in [-0.25, -0.2) is 9.78 Å². The maximum absolute atomic E-state index is 13.0. The van der Waals surface area contributed by atoms with Gasteiger partial charge in [0.1, 0.15) is 17.3 Å². The molecule has 0 amide bonds. The Kier molecular flexibility index (Phi) is 6.52. The van der Waals surface area contributed by atoms with Gasteiger partial charge in [-0.15, -0.1) is 0 Å². The van der Waals surface area contributed by atoms with Crippen LogP contribution in [0.15, 0.2) is 66.7 Å². The molecule has 0 aliphatic heterocycles. The van der Waals surface area contributed by atoms with Gasteiger partial charge in [-0.1, -0.05) is 17.7 Å². The van der Waals surface area contributed by atoms with E-state index in [4.69, 9.17) is 26.1 Å². The Balaban J connectivity index is 1.80. The van der Waals surface area contributed by atoms with Crippen molar-refractivity contribution in [2.45, 2.75) is 26.8 Å². The van der Waals surface area contributed by atoms with Crippen LogP contribution in [0.3, 0.4) is 0 Å². The molecular formula is C27H25ClN2O3. The number of nitrogens with zero attached hydrogens (tertiary/aromatic N) is 2. The van der Waals surface area contributed by atoms with Crippen LogP contribution in [0.25, 0.3) is 22.9 Å². The number of imidazole rings is 1. The van der Waals surface area contributed by atoms with E-state index in [1.165, 1.54) is 0 Å². The molecule has 0 saturated heterocycles. The molecule has 4 rings (SSSR count). The summed E-state index contributed by atoms with van der Waals surface area (Å²) in [5.74, 6) is 1.29. The lowest BCUT2D eigenvalue weighted by atomic mass is 10.1. The third-order valence-corrected chi connectivity index (χ3v) is 5.56. The zero-order valence-corrected chi connectivity index (χ0v) is 19.8. The highest BCUT2D eigenvalue weighted by atomic mass is 35.5. The van der Waals surface area contributed by atoms with E-state index in [0.29, 0.717) is 27.9 Å².